The van der Waals surface area contributed by atoms with Gasteiger partial charge in [-0.3, -0.25) is 0 Å². The minimum Gasteiger partial charge on any atom is -0.497 e. The molecule has 0 bridgehead atoms. The molecule has 162 valence electrons. The molecule has 0 atom stereocenters. The number of benzene rings is 2. The van der Waals surface area contributed by atoms with E-state index in [1.165, 1.54) is 28.7 Å². The first-order valence-corrected chi connectivity index (χ1v) is 11.8. The summed E-state index contributed by atoms with van der Waals surface area (Å²) in [5, 5.41) is 11.6. The third kappa shape index (κ3) is 4.37. The highest BCUT2D eigenvalue weighted by Crippen LogP contribution is 2.38. The molecule has 0 amide bonds. The zero-order chi connectivity index (χ0) is 21.9. The highest BCUT2D eigenvalue weighted by atomic mass is 32.1. The number of fused-ring (bicyclic) bond motifs is 3. The van der Waals surface area contributed by atoms with E-state index in [4.69, 9.17) is 17.0 Å². The van der Waals surface area contributed by atoms with Crippen LogP contribution < -0.4 is 20.7 Å². The number of hydrogen-bond donors (Lipinski definition) is 3. The SMILES string of the molecule is COc1ccc(NC(=S)Nc2ccc(Nc3ncnc4sc5c(c34)CCCC5)cc2)cc1. The van der Waals surface area contributed by atoms with Gasteiger partial charge in [-0.05, 0) is 92.0 Å². The van der Waals surface area contributed by atoms with E-state index in [0.29, 0.717) is 5.11 Å². The molecule has 0 aliphatic heterocycles. The normalized spacial score (nSPS) is 12.8. The van der Waals surface area contributed by atoms with Crippen LogP contribution in [0.1, 0.15) is 23.3 Å². The van der Waals surface area contributed by atoms with Crippen LogP contribution in [0.5, 0.6) is 5.75 Å². The van der Waals surface area contributed by atoms with E-state index < -0.39 is 0 Å². The summed E-state index contributed by atoms with van der Waals surface area (Å²) < 4.78 is 5.18. The Labute approximate surface area is 196 Å². The van der Waals surface area contributed by atoms with Crippen molar-refractivity contribution < 1.29 is 4.74 Å². The fourth-order valence-corrected chi connectivity index (χ4v) is 5.39. The van der Waals surface area contributed by atoms with Crippen molar-refractivity contribution in [2.45, 2.75) is 25.7 Å². The van der Waals surface area contributed by atoms with Gasteiger partial charge in [0.2, 0.25) is 0 Å². The Kier molecular flexibility index (Phi) is 5.87. The van der Waals surface area contributed by atoms with E-state index in [9.17, 15) is 0 Å². The molecule has 0 unspecified atom stereocenters. The Bertz CT molecular complexity index is 1250. The van der Waals surface area contributed by atoms with Crippen LogP contribution in [0.25, 0.3) is 10.2 Å². The summed E-state index contributed by atoms with van der Waals surface area (Å²) in [4.78, 5) is 11.6. The minimum absolute atomic E-state index is 0.526. The summed E-state index contributed by atoms with van der Waals surface area (Å²) in [5.41, 5.74) is 4.20. The van der Waals surface area contributed by atoms with E-state index in [-0.39, 0.29) is 0 Å². The van der Waals surface area contributed by atoms with Crippen molar-refractivity contribution in [1.82, 2.24) is 9.97 Å². The van der Waals surface area contributed by atoms with Gasteiger partial charge in [0, 0.05) is 21.9 Å². The molecule has 4 aromatic rings. The van der Waals surface area contributed by atoms with Gasteiger partial charge in [-0.1, -0.05) is 0 Å². The number of hydrogen-bond acceptors (Lipinski definition) is 6. The molecule has 0 saturated carbocycles. The van der Waals surface area contributed by atoms with Crippen molar-refractivity contribution >= 4 is 61.8 Å². The standard InChI is InChI=1S/C24H23N5OS2/c1-30-18-12-10-17(11-13-18)29-24(31)28-16-8-6-15(7-9-16)27-22-21-19-4-2-3-5-20(19)32-23(21)26-14-25-22/h6-14H,2-5H2,1H3,(H,25,26,27)(H2,28,29,31). The molecule has 3 N–H and O–H groups in total. The second-order valence-corrected chi connectivity index (χ2v) is 9.12. The lowest BCUT2D eigenvalue weighted by Gasteiger charge is -2.13. The quantitative estimate of drug-likeness (QED) is 0.309. The van der Waals surface area contributed by atoms with Crippen molar-refractivity contribution in [1.29, 1.82) is 0 Å². The van der Waals surface area contributed by atoms with Crippen molar-refractivity contribution in [3.8, 4) is 5.75 Å². The molecule has 0 fully saturated rings. The summed E-state index contributed by atoms with van der Waals surface area (Å²) in [7, 11) is 1.65. The molecular weight excluding hydrogens is 438 g/mol. The summed E-state index contributed by atoms with van der Waals surface area (Å²) in [6, 6.07) is 15.6. The smallest absolute Gasteiger partial charge is 0.175 e. The third-order valence-corrected chi connectivity index (χ3v) is 6.91. The van der Waals surface area contributed by atoms with Crippen LogP contribution in [0.4, 0.5) is 22.9 Å². The summed E-state index contributed by atoms with van der Waals surface area (Å²) >= 11 is 7.24. The molecule has 1 aliphatic rings. The van der Waals surface area contributed by atoms with Crippen LogP contribution in [-0.2, 0) is 12.8 Å². The minimum atomic E-state index is 0.526. The van der Waals surface area contributed by atoms with Crippen molar-refractivity contribution in [2.75, 3.05) is 23.1 Å². The topological polar surface area (TPSA) is 71.1 Å². The van der Waals surface area contributed by atoms with Gasteiger partial charge >= 0.3 is 0 Å². The number of nitrogens with one attached hydrogen (secondary N) is 3. The van der Waals surface area contributed by atoms with Crippen LogP contribution in [-0.4, -0.2) is 22.2 Å². The van der Waals surface area contributed by atoms with Gasteiger partial charge in [-0.25, -0.2) is 9.97 Å². The Morgan fingerprint density at radius 2 is 1.56 bits per heavy atom. The van der Waals surface area contributed by atoms with E-state index in [1.54, 1.807) is 24.8 Å². The first-order valence-electron chi connectivity index (χ1n) is 10.5. The predicted octanol–water partition coefficient (Wildman–Crippen LogP) is 6.13. The van der Waals surface area contributed by atoms with E-state index in [1.807, 2.05) is 48.5 Å². The number of rotatable bonds is 5. The number of aromatic nitrogens is 2. The second kappa shape index (κ2) is 9.10. The van der Waals surface area contributed by atoms with Crippen molar-refractivity contribution in [3.63, 3.8) is 0 Å². The predicted molar refractivity (Wildman–Crippen MR) is 137 cm³/mol. The maximum absolute atomic E-state index is 5.43. The molecular formula is C24H23N5OS2. The molecule has 6 nitrogen and oxygen atoms in total. The molecule has 2 aromatic carbocycles. The van der Waals surface area contributed by atoms with Crippen LogP contribution in [0, 0.1) is 0 Å². The number of ether oxygens (including phenoxy) is 1. The van der Waals surface area contributed by atoms with Crippen LogP contribution >= 0.6 is 23.6 Å². The Balaban J connectivity index is 1.27. The van der Waals surface area contributed by atoms with Crippen molar-refractivity contribution in [3.05, 3.63) is 65.3 Å². The first-order chi connectivity index (χ1) is 15.7. The number of anilines is 4. The molecule has 32 heavy (non-hydrogen) atoms. The Morgan fingerprint density at radius 3 is 2.28 bits per heavy atom. The van der Waals surface area contributed by atoms with Crippen LogP contribution in [0.15, 0.2) is 54.9 Å². The lowest BCUT2D eigenvalue weighted by atomic mass is 9.97. The zero-order valence-electron chi connectivity index (χ0n) is 17.6. The maximum atomic E-state index is 5.43. The van der Waals surface area contributed by atoms with Gasteiger partial charge in [-0.15, -0.1) is 11.3 Å². The monoisotopic (exact) mass is 461 g/mol. The van der Waals surface area contributed by atoms with Gasteiger partial charge in [0.05, 0.1) is 12.5 Å². The largest absolute Gasteiger partial charge is 0.497 e. The van der Waals surface area contributed by atoms with Gasteiger partial charge in [0.25, 0.3) is 0 Å². The fourth-order valence-electron chi connectivity index (χ4n) is 3.93. The summed E-state index contributed by atoms with van der Waals surface area (Å²) in [6.45, 7) is 0. The van der Waals surface area contributed by atoms with Crippen LogP contribution in [0.3, 0.4) is 0 Å². The van der Waals surface area contributed by atoms with E-state index >= 15 is 0 Å². The summed E-state index contributed by atoms with van der Waals surface area (Å²) in [5.74, 6) is 1.69. The van der Waals surface area contributed by atoms with Gasteiger partial charge in [0.15, 0.2) is 5.11 Å². The molecule has 2 heterocycles. The average Bonchev–Trinajstić information content (AvgIpc) is 3.20. The molecule has 0 saturated heterocycles. The van der Waals surface area contributed by atoms with E-state index in [2.05, 4.69) is 25.9 Å². The van der Waals surface area contributed by atoms with E-state index in [0.717, 1.165) is 46.3 Å². The fraction of sp³-hybridized carbons (Fsp3) is 0.208. The lowest BCUT2D eigenvalue weighted by molar-refractivity contribution is 0.415. The molecule has 2 aromatic heterocycles. The highest BCUT2D eigenvalue weighted by Gasteiger charge is 2.19. The third-order valence-electron chi connectivity index (χ3n) is 5.50. The van der Waals surface area contributed by atoms with Gasteiger partial charge in [0.1, 0.15) is 22.7 Å². The van der Waals surface area contributed by atoms with Gasteiger partial charge in [-0.2, -0.15) is 0 Å². The molecule has 0 spiro atoms. The molecule has 0 radical (unpaired) electrons. The Hall–Kier alpha value is -3.23. The highest BCUT2D eigenvalue weighted by molar-refractivity contribution is 7.80. The van der Waals surface area contributed by atoms with Gasteiger partial charge < -0.3 is 20.7 Å². The number of nitrogens with zero attached hydrogens (tertiary/aromatic N) is 2. The number of aryl methyl sites for hydroxylation is 2. The average molecular weight is 462 g/mol. The molecule has 8 heteroatoms. The summed E-state index contributed by atoms with van der Waals surface area (Å²) in [6.07, 6.45) is 6.41. The maximum Gasteiger partial charge on any atom is 0.175 e. The number of thiophene rings is 1. The van der Waals surface area contributed by atoms with Crippen molar-refractivity contribution in [2.24, 2.45) is 0 Å². The first kappa shape index (κ1) is 20.7. The zero-order valence-corrected chi connectivity index (χ0v) is 19.3. The number of methoxy groups -OCH3 is 1. The number of thiocarbonyl (C=S) groups is 1. The van der Waals surface area contributed by atoms with Crippen LogP contribution in [0.2, 0.25) is 0 Å². The lowest BCUT2D eigenvalue weighted by Crippen LogP contribution is -2.18. The Morgan fingerprint density at radius 1 is 0.906 bits per heavy atom. The second-order valence-electron chi connectivity index (χ2n) is 7.62. The molecule has 5 rings (SSSR count). The molecule has 1 aliphatic carbocycles.